The summed E-state index contributed by atoms with van der Waals surface area (Å²) in [5.74, 6) is 3.28. The van der Waals surface area contributed by atoms with E-state index in [4.69, 9.17) is 10.6 Å². The summed E-state index contributed by atoms with van der Waals surface area (Å²) in [7, 11) is 0. The molecule has 124 valence electrons. The van der Waals surface area contributed by atoms with Crippen molar-refractivity contribution in [2.45, 2.75) is 51.0 Å². The summed E-state index contributed by atoms with van der Waals surface area (Å²) in [6.07, 6.45) is 6.24. The molecule has 0 bridgehead atoms. The fourth-order valence-corrected chi connectivity index (χ4v) is 3.29. The number of hydrogen-bond donors (Lipinski definition) is 3. The molecule has 4 N–H and O–H groups in total. The van der Waals surface area contributed by atoms with Crippen LogP contribution in [0.3, 0.4) is 0 Å². The van der Waals surface area contributed by atoms with Crippen molar-refractivity contribution in [3.63, 3.8) is 0 Å². The number of nitrogens with one attached hydrogen (secondary N) is 2. The fraction of sp³-hybridized carbons (Fsp3) is 0.800. The van der Waals surface area contributed by atoms with Gasteiger partial charge < -0.3 is 10.1 Å². The third kappa shape index (κ3) is 4.27. The first kappa shape index (κ1) is 16.9. The summed E-state index contributed by atoms with van der Waals surface area (Å²) in [6.45, 7) is 1.08. The van der Waals surface area contributed by atoms with Crippen LogP contribution in [0.5, 0.6) is 0 Å². The zero-order valence-corrected chi connectivity index (χ0v) is 12.8. The number of carbonyl (C=O) groups excluding carboxylic acids is 3. The summed E-state index contributed by atoms with van der Waals surface area (Å²) < 4.78 is 5.29. The first-order valence-electron chi connectivity index (χ1n) is 8.06. The van der Waals surface area contributed by atoms with Crippen molar-refractivity contribution in [3.8, 4) is 0 Å². The van der Waals surface area contributed by atoms with E-state index >= 15 is 0 Å². The van der Waals surface area contributed by atoms with Crippen molar-refractivity contribution >= 4 is 17.6 Å². The van der Waals surface area contributed by atoms with Gasteiger partial charge in [-0.25, -0.2) is 5.84 Å². The Labute approximate surface area is 130 Å². The average Bonchev–Trinajstić information content (AvgIpc) is 2.59. The Morgan fingerprint density at radius 1 is 1.00 bits per heavy atom. The van der Waals surface area contributed by atoms with Crippen LogP contribution in [0.2, 0.25) is 0 Å². The fourth-order valence-electron chi connectivity index (χ4n) is 3.29. The van der Waals surface area contributed by atoms with Crippen molar-refractivity contribution in [1.82, 2.24) is 10.7 Å². The van der Waals surface area contributed by atoms with Crippen LogP contribution in [0.15, 0.2) is 0 Å². The molecule has 2 aliphatic rings. The van der Waals surface area contributed by atoms with Gasteiger partial charge in [0.15, 0.2) is 0 Å². The molecule has 1 saturated heterocycles. The number of hydrazine groups is 1. The Morgan fingerprint density at radius 3 is 2.23 bits per heavy atom. The highest BCUT2D eigenvalue weighted by Gasteiger charge is 2.36. The molecule has 2 rings (SSSR count). The number of ether oxygens (including phenoxy) is 1. The summed E-state index contributed by atoms with van der Waals surface area (Å²) in [5.41, 5.74) is 1.87. The minimum Gasteiger partial charge on any atom is -0.381 e. The van der Waals surface area contributed by atoms with Crippen molar-refractivity contribution < 1.29 is 19.1 Å². The molecule has 0 spiro atoms. The van der Waals surface area contributed by atoms with Gasteiger partial charge >= 0.3 is 5.91 Å². The van der Waals surface area contributed by atoms with E-state index in [9.17, 15) is 14.4 Å². The van der Waals surface area contributed by atoms with Crippen LogP contribution in [0.1, 0.15) is 44.9 Å². The van der Waals surface area contributed by atoms with Gasteiger partial charge in [0, 0.05) is 19.1 Å². The summed E-state index contributed by atoms with van der Waals surface area (Å²) in [6, 6.07) is -0.804. The van der Waals surface area contributed by atoms with Gasteiger partial charge in [-0.05, 0) is 31.6 Å². The number of amides is 2. The quantitative estimate of drug-likeness (QED) is 0.287. The van der Waals surface area contributed by atoms with E-state index in [1.54, 1.807) is 0 Å². The van der Waals surface area contributed by atoms with E-state index in [0.29, 0.717) is 26.1 Å². The minimum atomic E-state index is -0.861. The van der Waals surface area contributed by atoms with Gasteiger partial charge in [0.2, 0.25) is 11.7 Å². The third-order valence-corrected chi connectivity index (χ3v) is 4.65. The molecule has 1 saturated carbocycles. The molecule has 1 unspecified atom stereocenters. The van der Waals surface area contributed by atoms with Gasteiger partial charge in [0.25, 0.3) is 0 Å². The van der Waals surface area contributed by atoms with Crippen molar-refractivity contribution in [2.24, 2.45) is 17.7 Å². The molecule has 0 aromatic heterocycles. The number of Topliss-reactive ketones (excluding diaryl/α,β-unsaturated/α-hetero) is 1. The van der Waals surface area contributed by atoms with E-state index < -0.39 is 17.7 Å². The van der Waals surface area contributed by atoms with Gasteiger partial charge in [0.1, 0.15) is 6.04 Å². The molecule has 0 radical (unpaired) electrons. The van der Waals surface area contributed by atoms with Crippen molar-refractivity contribution in [1.29, 1.82) is 0 Å². The molecular formula is C15H25N3O4. The lowest BCUT2D eigenvalue weighted by Crippen LogP contribution is -2.54. The summed E-state index contributed by atoms with van der Waals surface area (Å²) in [5, 5.41) is 2.81. The Hall–Kier alpha value is -1.47. The van der Waals surface area contributed by atoms with Crippen LogP contribution < -0.4 is 16.6 Å². The Balaban J connectivity index is 2.03. The lowest BCUT2D eigenvalue weighted by molar-refractivity contribution is -0.142. The zero-order valence-electron chi connectivity index (χ0n) is 12.8. The summed E-state index contributed by atoms with van der Waals surface area (Å²) in [4.78, 5) is 36.2. The molecule has 7 nitrogen and oxygen atoms in total. The highest BCUT2D eigenvalue weighted by Crippen LogP contribution is 2.25. The van der Waals surface area contributed by atoms with E-state index in [-0.39, 0.29) is 17.7 Å². The largest absolute Gasteiger partial charge is 0.381 e. The first-order chi connectivity index (χ1) is 10.6. The van der Waals surface area contributed by atoms with Crippen molar-refractivity contribution in [2.75, 3.05) is 13.2 Å². The highest BCUT2D eigenvalue weighted by atomic mass is 16.5. The predicted molar refractivity (Wildman–Crippen MR) is 79.4 cm³/mol. The molecule has 1 heterocycles. The topological polar surface area (TPSA) is 111 Å². The average molecular weight is 311 g/mol. The molecule has 0 aromatic rings. The standard InChI is InChI=1S/C15H25N3O4/c16-18-15(21)13(19)12(10-6-8-22-9-7-10)17-14(20)11-4-2-1-3-5-11/h10-12H,1-9,16H2,(H,17,20)(H,18,21). The smallest absolute Gasteiger partial charge is 0.303 e. The second-order valence-corrected chi connectivity index (χ2v) is 6.11. The SMILES string of the molecule is NNC(=O)C(=O)C(NC(=O)C1CCCCC1)C1CCOCC1. The van der Waals surface area contributed by atoms with Gasteiger partial charge in [-0.15, -0.1) is 0 Å². The molecule has 1 aliphatic heterocycles. The second-order valence-electron chi connectivity index (χ2n) is 6.11. The van der Waals surface area contributed by atoms with E-state index in [1.165, 1.54) is 0 Å². The molecule has 1 atom stereocenters. The molecule has 1 aliphatic carbocycles. The second kappa shape index (κ2) is 8.24. The Morgan fingerprint density at radius 2 is 1.64 bits per heavy atom. The van der Waals surface area contributed by atoms with Crippen LogP contribution >= 0.6 is 0 Å². The molecule has 7 heteroatoms. The maximum Gasteiger partial charge on any atom is 0.303 e. The maximum atomic E-state index is 12.4. The van der Waals surface area contributed by atoms with E-state index in [0.717, 1.165) is 32.1 Å². The van der Waals surface area contributed by atoms with Gasteiger partial charge in [-0.2, -0.15) is 0 Å². The van der Waals surface area contributed by atoms with Crippen LogP contribution in [-0.4, -0.2) is 36.9 Å². The Kier molecular flexibility index (Phi) is 6.33. The van der Waals surface area contributed by atoms with E-state index in [1.807, 2.05) is 5.43 Å². The van der Waals surface area contributed by atoms with Crippen LogP contribution in [-0.2, 0) is 19.1 Å². The number of rotatable bonds is 5. The number of carbonyl (C=O) groups is 3. The predicted octanol–water partition coefficient (Wildman–Crippen LogP) is 0.0371. The number of ketones is 1. The van der Waals surface area contributed by atoms with Gasteiger partial charge in [-0.1, -0.05) is 19.3 Å². The number of nitrogens with two attached hydrogens (primary N) is 1. The summed E-state index contributed by atoms with van der Waals surface area (Å²) >= 11 is 0. The number of hydrogen-bond acceptors (Lipinski definition) is 5. The van der Waals surface area contributed by atoms with Crippen LogP contribution in [0, 0.1) is 11.8 Å². The molecule has 22 heavy (non-hydrogen) atoms. The van der Waals surface area contributed by atoms with Crippen molar-refractivity contribution in [3.05, 3.63) is 0 Å². The van der Waals surface area contributed by atoms with Crippen LogP contribution in [0.25, 0.3) is 0 Å². The third-order valence-electron chi connectivity index (χ3n) is 4.65. The highest BCUT2D eigenvalue weighted by molar-refractivity contribution is 6.38. The van der Waals surface area contributed by atoms with E-state index in [2.05, 4.69) is 5.32 Å². The lowest BCUT2D eigenvalue weighted by atomic mass is 9.85. The maximum absolute atomic E-state index is 12.4. The molecule has 0 aromatic carbocycles. The Bertz CT molecular complexity index is 415. The molecule has 2 fully saturated rings. The first-order valence-corrected chi connectivity index (χ1v) is 8.06. The molecule has 2 amide bonds. The minimum absolute atomic E-state index is 0.0511. The molecular weight excluding hydrogens is 286 g/mol. The van der Waals surface area contributed by atoms with Gasteiger partial charge in [0.05, 0.1) is 0 Å². The lowest BCUT2D eigenvalue weighted by Gasteiger charge is -2.31. The van der Waals surface area contributed by atoms with Gasteiger partial charge in [-0.3, -0.25) is 19.8 Å². The monoisotopic (exact) mass is 311 g/mol. The van der Waals surface area contributed by atoms with Crippen LogP contribution in [0.4, 0.5) is 0 Å². The normalized spacial score (nSPS) is 21.9. The zero-order chi connectivity index (χ0) is 15.9.